The third-order valence-electron chi connectivity index (χ3n) is 13.9. The van der Waals surface area contributed by atoms with Crippen LogP contribution in [-0.4, -0.2) is 105 Å². The lowest BCUT2D eigenvalue weighted by atomic mass is 9.78. The number of anilines is 1. The molecule has 3 aliphatic heterocycles. The highest BCUT2D eigenvalue weighted by atomic mass is 16.7. The molecule has 0 saturated carbocycles. The quantitative estimate of drug-likeness (QED) is 0.0205. The third kappa shape index (κ3) is 13.8. The molecule has 3 heterocycles. The van der Waals surface area contributed by atoms with Crippen LogP contribution in [0.2, 0.25) is 0 Å². The fourth-order valence-electron chi connectivity index (χ4n) is 9.39. The molecule has 0 spiro atoms. The maximum atomic E-state index is 14.7. The Kier molecular flexibility index (Phi) is 21.4. The number of nitrogens with one attached hydrogen (secondary N) is 1. The molecular formula is C54H81N3O12. The average Bonchev–Trinajstić information content (AvgIpc) is 3.58. The van der Waals surface area contributed by atoms with Crippen LogP contribution in [0.4, 0.5) is 5.69 Å². The Morgan fingerprint density at radius 1 is 0.826 bits per heavy atom. The van der Waals surface area contributed by atoms with Crippen molar-refractivity contribution < 1.29 is 58.9 Å². The summed E-state index contributed by atoms with van der Waals surface area (Å²) in [6, 6.07) is 0. The SMILES string of the molecule is CCCCCCCCN(CCCCCCCC)N=Cc1c2c(O)c3c(O)c(C)c4c(c3c1O)C(=O)[C@@](C)(OC=C[C@H](OC)[C@H](C)[C@H](OC(C)=O)[C@H](C)[C@H](O)[C@H](C)[C@@H](O)[C@H](C)C=CC=C(C)C(=O)N2)O4. The van der Waals surface area contributed by atoms with Crippen molar-refractivity contribution in [3.8, 4) is 23.0 Å². The van der Waals surface area contributed by atoms with Gasteiger partial charge >= 0.3 is 11.8 Å². The minimum absolute atomic E-state index is 0.0667. The van der Waals surface area contributed by atoms with Gasteiger partial charge in [0.1, 0.15) is 23.4 Å². The minimum atomic E-state index is -2.05. The molecule has 1 amide bonds. The van der Waals surface area contributed by atoms with E-state index in [1.54, 1.807) is 46.8 Å². The van der Waals surface area contributed by atoms with Crippen LogP contribution in [0.25, 0.3) is 10.8 Å². The molecule has 384 valence electrons. The molecule has 0 fully saturated rings. The number of aliphatic hydroxyl groups is 2. The van der Waals surface area contributed by atoms with E-state index in [2.05, 4.69) is 19.2 Å². The van der Waals surface area contributed by atoms with Crippen molar-refractivity contribution >= 4 is 40.3 Å². The molecule has 3 aliphatic rings. The molecule has 5 bridgehead atoms. The molecule has 9 atom stereocenters. The maximum absolute atomic E-state index is 14.7. The number of aliphatic hydroxyl groups excluding tert-OH is 2. The zero-order chi connectivity index (χ0) is 51.2. The van der Waals surface area contributed by atoms with Gasteiger partial charge in [-0.1, -0.05) is 124 Å². The Balaban J connectivity index is 1.93. The first-order chi connectivity index (χ1) is 32.8. The van der Waals surface area contributed by atoms with Crippen molar-refractivity contribution in [1.29, 1.82) is 0 Å². The van der Waals surface area contributed by atoms with Gasteiger partial charge in [-0.15, -0.1) is 0 Å². The Labute approximate surface area is 409 Å². The maximum Gasteiger partial charge on any atom is 0.312 e. The summed E-state index contributed by atoms with van der Waals surface area (Å²) >= 11 is 0. The van der Waals surface area contributed by atoms with Crippen LogP contribution in [0.3, 0.4) is 0 Å². The number of hydrazone groups is 1. The van der Waals surface area contributed by atoms with E-state index in [0.29, 0.717) is 13.1 Å². The fourth-order valence-corrected chi connectivity index (χ4v) is 9.39. The van der Waals surface area contributed by atoms with Crippen LogP contribution in [0.5, 0.6) is 23.0 Å². The molecule has 0 aliphatic carbocycles. The minimum Gasteiger partial charge on any atom is -0.507 e. The largest absolute Gasteiger partial charge is 0.507 e. The Bertz CT molecular complexity index is 2190. The number of unbranched alkanes of at least 4 members (excludes halogenated alkanes) is 10. The predicted molar refractivity (Wildman–Crippen MR) is 270 cm³/mol. The van der Waals surface area contributed by atoms with Crippen molar-refractivity contribution in [2.24, 2.45) is 28.8 Å². The lowest BCUT2D eigenvalue weighted by Gasteiger charge is -2.38. The topological polar surface area (TPSA) is 217 Å². The number of fused-ring (bicyclic) bond motifs is 14. The van der Waals surface area contributed by atoms with Crippen LogP contribution in [0.1, 0.15) is 161 Å². The number of amides is 1. The summed E-state index contributed by atoms with van der Waals surface area (Å²) < 4.78 is 23.9. The Morgan fingerprint density at radius 3 is 2.00 bits per heavy atom. The number of rotatable bonds is 18. The summed E-state index contributed by atoms with van der Waals surface area (Å²) in [4.78, 5) is 41.2. The molecular weight excluding hydrogens is 883 g/mol. The monoisotopic (exact) mass is 964 g/mol. The second kappa shape index (κ2) is 26.2. The molecule has 0 unspecified atom stereocenters. The number of hydrogen-bond acceptors (Lipinski definition) is 14. The number of Topliss-reactive ketones (excluding diaryl/α,β-unsaturated/α-hetero) is 1. The molecule has 0 saturated heterocycles. The lowest BCUT2D eigenvalue weighted by molar-refractivity contribution is -0.160. The van der Waals surface area contributed by atoms with E-state index in [4.69, 9.17) is 24.0 Å². The molecule has 15 heteroatoms. The highest BCUT2D eigenvalue weighted by molar-refractivity contribution is 6.23. The van der Waals surface area contributed by atoms with E-state index >= 15 is 0 Å². The highest BCUT2D eigenvalue weighted by Crippen LogP contribution is 2.55. The van der Waals surface area contributed by atoms with Gasteiger partial charge in [0, 0.05) is 74.2 Å². The number of hydrogen-bond donors (Lipinski definition) is 6. The average molecular weight is 964 g/mol. The molecule has 5 rings (SSSR count). The number of carbonyl (C=O) groups is 3. The number of ketones is 1. The number of ether oxygens (including phenoxy) is 4. The first-order valence-corrected chi connectivity index (χ1v) is 25.1. The van der Waals surface area contributed by atoms with Crippen LogP contribution < -0.4 is 10.1 Å². The molecule has 2 aromatic rings. The number of benzene rings is 2. The number of allylic oxidation sites excluding steroid dienone is 2. The summed E-state index contributed by atoms with van der Waals surface area (Å²) in [5.74, 6) is -8.26. The zero-order valence-corrected chi connectivity index (χ0v) is 43.0. The van der Waals surface area contributed by atoms with Crippen molar-refractivity contribution in [1.82, 2.24) is 5.01 Å². The molecule has 69 heavy (non-hydrogen) atoms. The molecule has 15 nitrogen and oxygen atoms in total. The van der Waals surface area contributed by atoms with Crippen LogP contribution in [0.15, 0.2) is 41.2 Å². The number of phenolic OH excluding ortho intramolecular Hbond substituents is 3. The second-order valence-corrected chi connectivity index (χ2v) is 19.4. The van der Waals surface area contributed by atoms with Crippen molar-refractivity contribution in [2.75, 3.05) is 25.5 Å². The first-order valence-electron chi connectivity index (χ1n) is 25.1. The van der Waals surface area contributed by atoms with E-state index in [0.717, 1.165) is 64.2 Å². The molecule has 0 aromatic heterocycles. The normalized spacial score (nSPS) is 25.8. The number of nitrogens with zero attached hydrogens (tertiary/aromatic N) is 2. The first kappa shape index (κ1) is 56.5. The van der Waals surface area contributed by atoms with E-state index in [-0.39, 0.29) is 44.5 Å². The summed E-state index contributed by atoms with van der Waals surface area (Å²) in [6.45, 7) is 18.3. The predicted octanol–water partition coefficient (Wildman–Crippen LogP) is 10.1. The van der Waals surface area contributed by atoms with Crippen molar-refractivity contribution in [2.45, 2.75) is 176 Å². The smallest absolute Gasteiger partial charge is 0.312 e. The Morgan fingerprint density at radius 2 is 1.42 bits per heavy atom. The summed E-state index contributed by atoms with van der Waals surface area (Å²) in [5.41, 5.74) is -0.259. The van der Waals surface area contributed by atoms with Gasteiger partial charge in [0.2, 0.25) is 0 Å². The number of carbonyl (C=O) groups excluding carboxylic acids is 3. The summed E-state index contributed by atoms with van der Waals surface area (Å²) in [5, 5.41) is 68.5. The van der Waals surface area contributed by atoms with Gasteiger partial charge in [0.05, 0.1) is 53.0 Å². The molecule has 6 N–H and O–H groups in total. The highest BCUT2D eigenvalue weighted by Gasteiger charge is 2.50. The van der Waals surface area contributed by atoms with Gasteiger partial charge in [-0.3, -0.25) is 19.4 Å². The van der Waals surface area contributed by atoms with Crippen LogP contribution >= 0.6 is 0 Å². The van der Waals surface area contributed by atoms with E-state index < -0.39 is 88.8 Å². The second-order valence-electron chi connectivity index (χ2n) is 19.4. The van der Waals surface area contributed by atoms with Crippen LogP contribution in [0, 0.1) is 30.6 Å². The summed E-state index contributed by atoms with van der Waals surface area (Å²) in [6.07, 6.45) is 18.0. The van der Waals surface area contributed by atoms with Gasteiger partial charge in [-0.2, -0.15) is 5.10 Å². The van der Waals surface area contributed by atoms with E-state index in [1.165, 1.54) is 65.4 Å². The van der Waals surface area contributed by atoms with E-state index in [9.17, 15) is 39.9 Å². The fraction of sp³-hybridized carbons (Fsp3) is 0.630. The van der Waals surface area contributed by atoms with Gasteiger partial charge in [-0.25, -0.2) is 0 Å². The van der Waals surface area contributed by atoms with Crippen LogP contribution in [-0.2, 0) is 23.8 Å². The van der Waals surface area contributed by atoms with Gasteiger partial charge in [0.15, 0.2) is 5.75 Å². The summed E-state index contributed by atoms with van der Waals surface area (Å²) in [7, 11) is 1.45. The number of methoxy groups -OCH3 is 1. The number of esters is 1. The van der Waals surface area contributed by atoms with Crippen molar-refractivity contribution in [3.63, 3.8) is 0 Å². The van der Waals surface area contributed by atoms with E-state index in [1.807, 2.05) is 5.01 Å². The molecule has 0 radical (unpaired) electrons. The number of phenols is 3. The van der Waals surface area contributed by atoms with Crippen molar-refractivity contribution in [3.05, 3.63) is 52.8 Å². The third-order valence-corrected chi connectivity index (χ3v) is 13.9. The van der Waals surface area contributed by atoms with Gasteiger partial charge in [0.25, 0.3) is 11.7 Å². The Hall–Kier alpha value is -5.12. The lowest BCUT2D eigenvalue weighted by Crippen LogP contribution is -2.46. The zero-order valence-electron chi connectivity index (χ0n) is 43.0. The van der Waals surface area contributed by atoms with Gasteiger partial charge in [-0.05, 0) is 32.8 Å². The molecule has 2 aromatic carbocycles. The standard InChI is InChI=1S/C54H81N3O12/c1-12-14-16-18-20-22-28-57(29-23-21-19-17-15-13-2)55-31-39-44-49(63)42-41(48(39)62)43-51(37(8)47(42)61)69-54(10,52(43)64)67-30-27-40(66-11)34(5)50(68-38(9)58)36(7)46(60)35(6)45(59)32(3)25-24-26-33(4)53(65)56-44/h24-27,30-32,34-36,40,45-46,50,59-63H,12-23,28-29H2,1-11H3,(H,56,65)/t32-,34+,35-,36-,40+,45+,46-,50+,54+/m1/s1. The van der Waals surface area contributed by atoms with Gasteiger partial charge < -0.3 is 49.8 Å². The number of aromatic hydroxyl groups is 3.